The van der Waals surface area contributed by atoms with Crippen molar-refractivity contribution in [1.29, 1.82) is 0 Å². The predicted octanol–water partition coefficient (Wildman–Crippen LogP) is -0.666. The van der Waals surface area contributed by atoms with Gasteiger partial charge in [-0.25, -0.2) is 0 Å². The van der Waals surface area contributed by atoms with Crippen molar-refractivity contribution in [2.75, 3.05) is 37.9 Å². The summed E-state index contributed by atoms with van der Waals surface area (Å²) < 4.78 is 5.35. The lowest BCUT2D eigenvalue weighted by atomic mass is 9.90. The van der Waals surface area contributed by atoms with Crippen molar-refractivity contribution in [3.05, 3.63) is 29.8 Å². The molecule has 0 radical (unpaired) electrons. The molecule has 0 aliphatic carbocycles. The molecule has 1 amide bonds. The van der Waals surface area contributed by atoms with Crippen molar-refractivity contribution < 1.29 is 24.7 Å². The van der Waals surface area contributed by atoms with E-state index >= 15 is 0 Å². The Kier molecular flexibility index (Phi) is 4.34. The lowest BCUT2D eigenvalue weighted by molar-refractivity contribution is -0.906. The number of morpholine rings is 1. The summed E-state index contributed by atoms with van der Waals surface area (Å²) in [6, 6.07) is 7.25. The van der Waals surface area contributed by atoms with Gasteiger partial charge in [-0.1, -0.05) is 23.4 Å². The molecule has 7 heteroatoms. The van der Waals surface area contributed by atoms with Crippen LogP contribution in [0.3, 0.4) is 0 Å². The van der Waals surface area contributed by atoms with E-state index in [0.29, 0.717) is 31.2 Å². The molecule has 2 heterocycles. The Bertz CT molecular complexity index is 628. The van der Waals surface area contributed by atoms with Crippen LogP contribution >= 0.6 is 0 Å². The Balaban J connectivity index is 1.91. The second kappa shape index (κ2) is 6.27. The number of oxime groups is 1. The molecular formula is C16H22N3O4+. The van der Waals surface area contributed by atoms with Crippen molar-refractivity contribution >= 4 is 17.3 Å². The normalized spacial score (nSPS) is 25.7. The molecule has 23 heavy (non-hydrogen) atoms. The highest BCUT2D eigenvalue weighted by Gasteiger charge is 2.50. The smallest absolute Gasteiger partial charge is 0.268 e. The molecule has 1 atom stereocenters. The summed E-state index contributed by atoms with van der Waals surface area (Å²) >= 11 is 0. The summed E-state index contributed by atoms with van der Waals surface area (Å²) in [5.41, 5.74) is -0.0554. The lowest BCUT2D eigenvalue weighted by Gasteiger charge is -2.29. The number of nitrogens with one attached hydrogen (secondary N) is 1. The van der Waals surface area contributed by atoms with E-state index in [2.05, 4.69) is 5.16 Å². The van der Waals surface area contributed by atoms with Crippen LogP contribution in [-0.4, -0.2) is 54.9 Å². The summed E-state index contributed by atoms with van der Waals surface area (Å²) in [6.07, 6.45) is -0.0196. The van der Waals surface area contributed by atoms with Gasteiger partial charge in [0.25, 0.3) is 5.91 Å². The molecule has 2 aliphatic rings. The van der Waals surface area contributed by atoms with Gasteiger partial charge in [-0.2, -0.15) is 0 Å². The van der Waals surface area contributed by atoms with Crippen LogP contribution in [0.1, 0.15) is 18.9 Å². The highest BCUT2D eigenvalue weighted by atomic mass is 16.5. The number of carbonyl (C=O) groups excluding carboxylic acids is 1. The van der Waals surface area contributed by atoms with Crippen LogP contribution in [0.5, 0.6) is 0 Å². The second-order valence-electron chi connectivity index (χ2n) is 6.14. The van der Waals surface area contributed by atoms with Gasteiger partial charge in [-0.3, -0.25) is 9.69 Å². The molecule has 124 valence electrons. The first-order valence-electron chi connectivity index (χ1n) is 7.79. The quantitative estimate of drug-likeness (QED) is 0.390. The van der Waals surface area contributed by atoms with Gasteiger partial charge in [0.1, 0.15) is 13.1 Å². The van der Waals surface area contributed by atoms with Gasteiger partial charge in [0, 0.05) is 12.0 Å². The Morgan fingerprint density at radius 2 is 2.09 bits per heavy atom. The van der Waals surface area contributed by atoms with E-state index in [1.54, 1.807) is 24.0 Å². The van der Waals surface area contributed by atoms with Crippen LogP contribution in [0.4, 0.5) is 5.69 Å². The number of aliphatic hydroxyl groups is 1. The van der Waals surface area contributed by atoms with Gasteiger partial charge in [0.15, 0.2) is 12.3 Å². The average molecular weight is 320 g/mol. The Morgan fingerprint density at radius 3 is 2.78 bits per heavy atom. The van der Waals surface area contributed by atoms with E-state index in [1.807, 2.05) is 12.1 Å². The molecule has 2 aliphatic heterocycles. The number of ether oxygens (including phenoxy) is 1. The number of carbonyl (C=O) groups is 1. The molecule has 0 aromatic heterocycles. The summed E-state index contributed by atoms with van der Waals surface area (Å²) in [4.78, 5) is 15.8. The van der Waals surface area contributed by atoms with Gasteiger partial charge in [0.05, 0.1) is 24.6 Å². The van der Waals surface area contributed by atoms with Crippen LogP contribution in [0.25, 0.3) is 0 Å². The summed E-state index contributed by atoms with van der Waals surface area (Å²) in [6.45, 7) is 5.11. The molecule has 1 saturated heterocycles. The van der Waals surface area contributed by atoms with Gasteiger partial charge in [-0.15, -0.1) is 0 Å². The third-order valence-electron chi connectivity index (χ3n) is 4.50. The fraction of sp³-hybridized carbons (Fsp3) is 0.500. The number of hydrogen-bond donors (Lipinski definition) is 3. The molecule has 1 aromatic rings. The van der Waals surface area contributed by atoms with Crippen LogP contribution in [0, 0.1) is 0 Å². The first-order chi connectivity index (χ1) is 11.1. The molecule has 3 rings (SSSR count). The number of anilines is 1. The van der Waals surface area contributed by atoms with Crippen molar-refractivity contribution in [3.8, 4) is 0 Å². The summed E-state index contributed by atoms with van der Waals surface area (Å²) in [5.74, 6) is -0.360. The maximum atomic E-state index is 12.9. The van der Waals surface area contributed by atoms with Crippen LogP contribution in [0.2, 0.25) is 0 Å². The first-order valence-corrected chi connectivity index (χ1v) is 7.79. The maximum absolute atomic E-state index is 12.9. The molecule has 0 unspecified atom stereocenters. The Hall–Kier alpha value is -1.96. The van der Waals surface area contributed by atoms with E-state index in [0.717, 1.165) is 18.8 Å². The molecule has 1 aromatic carbocycles. The van der Waals surface area contributed by atoms with Gasteiger partial charge < -0.3 is 20.0 Å². The van der Waals surface area contributed by atoms with Crippen molar-refractivity contribution in [2.24, 2.45) is 5.16 Å². The molecule has 0 spiro atoms. The highest BCUT2D eigenvalue weighted by Crippen LogP contribution is 2.41. The second-order valence-corrected chi connectivity index (χ2v) is 6.14. The van der Waals surface area contributed by atoms with Crippen LogP contribution < -0.4 is 9.80 Å². The van der Waals surface area contributed by atoms with Gasteiger partial charge in [0.2, 0.25) is 0 Å². The molecular weight excluding hydrogens is 298 g/mol. The number of fused-ring (bicyclic) bond motifs is 1. The van der Waals surface area contributed by atoms with Crippen molar-refractivity contribution in [1.82, 2.24) is 0 Å². The number of quaternary nitrogens is 1. The van der Waals surface area contributed by atoms with E-state index in [1.165, 1.54) is 4.90 Å². The molecule has 3 N–H and O–H groups in total. The Labute approximate surface area is 134 Å². The van der Waals surface area contributed by atoms with Crippen molar-refractivity contribution in [2.45, 2.75) is 18.9 Å². The molecule has 0 bridgehead atoms. The third kappa shape index (κ3) is 2.83. The van der Waals surface area contributed by atoms with Crippen molar-refractivity contribution in [3.63, 3.8) is 0 Å². The van der Waals surface area contributed by atoms with Crippen LogP contribution in [-0.2, 0) is 15.1 Å². The number of benzene rings is 1. The zero-order chi connectivity index (χ0) is 16.4. The lowest BCUT2D eigenvalue weighted by Crippen LogP contribution is -3.15. The maximum Gasteiger partial charge on any atom is 0.268 e. The average Bonchev–Trinajstić information content (AvgIpc) is 2.78. The first kappa shape index (κ1) is 15.9. The number of para-hydroxylation sites is 1. The van der Waals surface area contributed by atoms with E-state index in [9.17, 15) is 9.90 Å². The minimum absolute atomic E-state index is 0.0196. The number of nitrogens with zero attached hydrogens (tertiary/aromatic N) is 2. The number of amides is 1. The largest absolute Gasteiger partial charge is 0.411 e. The third-order valence-corrected chi connectivity index (χ3v) is 4.50. The zero-order valence-corrected chi connectivity index (χ0v) is 13.2. The standard InChI is InChI=1S/C16H21N3O4/c1-12(17-22)10-16(21)13-4-2-3-5-14(13)19(15(16)20)11-18-6-8-23-9-7-18/h2-5,21-22H,6-11H2,1H3/p+1/b17-12-/t16-/m0/s1. The predicted molar refractivity (Wildman–Crippen MR) is 83.7 cm³/mol. The zero-order valence-electron chi connectivity index (χ0n) is 13.2. The van der Waals surface area contributed by atoms with E-state index in [-0.39, 0.29) is 12.3 Å². The SMILES string of the molecule is C/C(C[C@@]1(O)C(=O)N(C[NH+]2CCOCC2)c2ccccc21)=N/O. The van der Waals surface area contributed by atoms with Gasteiger partial charge in [-0.05, 0) is 13.0 Å². The molecule has 1 fully saturated rings. The fourth-order valence-corrected chi connectivity index (χ4v) is 3.28. The molecule has 7 nitrogen and oxygen atoms in total. The molecule has 0 saturated carbocycles. The van der Waals surface area contributed by atoms with Crippen LogP contribution in [0.15, 0.2) is 29.4 Å². The van der Waals surface area contributed by atoms with Gasteiger partial charge >= 0.3 is 0 Å². The monoisotopic (exact) mass is 320 g/mol. The number of rotatable bonds is 4. The summed E-state index contributed by atoms with van der Waals surface area (Å²) in [7, 11) is 0. The number of hydrogen-bond acceptors (Lipinski definition) is 5. The highest BCUT2D eigenvalue weighted by molar-refractivity contribution is 6.08. The topological polar surface area (TPSA) is 86.8 Å². The fourth-order valence-electron chi connectivity index (χ4n) is 3.28. The summed E-state index contributed by atoms with van der Waals surface area (Å²) in [5, 5.41) is 23.0. The minimum Gasteiger partial charge on any atom is -0.411 e. The Morgan fingerprint density at radius 1 is 1.39 bits per heavy atom. The van der Waals surface area contributed by atoms with E-state index < -0.39 is 5.60 Å². The van der Waals surface area contributed by atoms with E-state index in [4.69, 9.17) is 9.94 Å². The minimum atomic E-state index is -1.67.